The van der Waals surface area contributed by atoms with E-state index >= 15 is 0 Å². The number of nitrogens with zero attached hydrogens (tertiary/aromatic N) is 1. The first-order valence-corrected chi connectivity index (χ1v) is 11.0. The van der Waals surface area contributed by atoms with Gasteiger partial charge in [0.15, 0.2) is 0 Å². The standard InChI is InChI=1S/C30H22BN/c31-25-13-15-26(16-14-25)32-29-17-11-23(21-7-3-1-4-8-21)19-27(29)28-20-24(12-18-30(28)32)22-9-5-2-6-10-22/h1-20H,31H2. The highest BCUT2D eigenvalue weighted by Crippen LogP contribution is 2.36. The van der Waals surface area contributed by atoms with Crippen molar-refractivity contribution in [3.8, 4) is 27.9 Å². The van der Waals surface area contributed by atoms with Crippen LogP contribution in [0.4, 0.5) is 0 Å². The molecule has 2 heteroatoms. The van der Waals surface area contributed by atoms with Gasteiger partial charge in [-0.1, -0.05) is 90.4 Å². The van der Waals surface area contributed by atoms with E-state index in [4.69, 9.17) is 0 Å². The van der Waals surface area contributed by atoms with Crippen molar-refractivity contribution in [2.24, 2.45) is 0 Å². The summed E-state index contributed by atoms with van der Waals surface area (Å²) in [5.74, 6) is 0. The van der Waals surface area contributed by atoms with Crippen molar-refractivity contribution in [3.63, 3.8) is 0 Å². The number of benzene rings is 5. The zero-order chi connectivity index (χ0) is 21.5. The minimum Gasteiger partial charge on any atom is -0.309 e. The molecule has 0 saturated heterocycles. The average Bonchev–Trinajstić information content (AvgIpc) is 3.19. The maximum atomic E-state index is 2.38. The van der Waals surface area contributed by atoms with Gasteiger partial charge in [0, 0.05) is 16.5 Å². The van der Waals surface area contributed by atoms with Crippen LogP contribution >= 0.6 is 0 Å². The maximum absolute atomic E-state index is 2.38. The van der Waals surface area contributed by atoms with Crippen LogP contribution in [0.1, 0.15) is 0 Å². The van der Waals surface area contributed by atoms with Gasteiger partial charge in [0.05, 0.1) is 11.0 Å². The molecule has 0 aliphatic heterocycles. The molecule has 0 aliphatic carbocycles. The Hall–Kier alpha value is -4.04. The van der Waals surface area contributed by atoms with Gasteiger partial charge in [-0.2, -0.15) is 0 Å². The summed E-state index contributed by atoms with van der Waals surface area (Å²) < 4.78 is 2.38. The van der Waals surface area contributed by atoms with Gasteiger partial charge in [-0.15, -0.1) is 0 Å². The number of aromatic nitrogens is 1. The van der Waals surface area contributed by atoms with E-state index in [-0.39, 0.29) is 0 Å². The predicted octanol–water partition coefficient (Wildman–Crippen LogP) is 6.38. The lowest BCUT2D eigenvalue weighted by Crippen LogP contribution is -2.02. The average molecular weight is 407 g/mol. The van der Waals surface area contributed by atoms with E-state index in [2.05, 4.69) is 134 Å². The van der Waals surface area contributed by atoms with Crippen LogP contribution in [0.5, 0.6) is 0 Å². The molecular weight excluding hydrogens is 385 g/mol. The number of hydrogen-bond acceptors (Lipinski definition) is 0. The van der Waals surface area contributed by atoms with Gasteiger partial charge in [-0.05, 0) is 58.7 Å². The summed E-state index contributed by atoms with van der Waals surface area (Å²) in [7, 11) is 2.13. The Morgan fingerprint density at radius 2 is 0.906 bits per heavy atom. The second kappa shape index (κ2) is 7.58. The molecular formula is C30H22BN. The second-order valence-electron chi connectivity index (χ2n) is 8.37. The molecule has 1 nitrogen and oxygen atoms in total. The van der Waals surface area contributed by atoms with Gasteiger partial charge >= 0.3 is 0 Å². The van der Waals surface area contributed by atoms with Crippen LogP contribution in [-0.2, 0) is 0 Å². The zero-order valence-electron chi connectivity index (χ0n) is 18.0. The Bertz CT molecular complexity index is 1450. The van der Waals surface area contributed by atoms with Crippen molar-refractivity contribution < 1.29 is 0 Å². The summed E-state index contributed by atoms with van der Waals surface area (Å²) in [6, 6.07) is 43.7. The lowest BCUT2D eigenvalue weighted by molar-refractivity contribution is 1.18. The van der Waals surface area contributed by atoms with E-state index in [0.717, 1.165) is 0 Å². The first-order valence-electron chi connectivity index (χ1n) is 11.0. The molecule has 0 fully saturated rings. The number of fused-ring (bicyclic) bond motifs is 3. The summed E-state index contributed by atoms with van der Waals surface area (Å²) in [5.41, 5.74) is 9.89. The molecule has 6 aromatic rings. The lowest BCUT2D eigenvalue weighted by Gasteiger charge is -2.09. The zero-order valence-corrected chi connectivity index (χ0v) is 18.0. The summed E-state index contributed by atoms with van der Waals surface area (Å²) >= 11 is 0. The van der Waals surface area contributed by atoms with Crippen molar-refractivity contribution in [1.82, 2.24) is 4.57 Å². The summed E-state index contributed by atoms with van der Waals surface area (Å²) in [5, 5.41) is 2.56. The Labute approximate surface area is 189 Å². The molecule has 0 radical (unpaired) electrons. The van der Waals surface area contributed by atoms with Crippen LogP contribution in [0, 0.1) is 0 Å². The highest BCUT2D eigenvalue weighted by atomic mass is 15.0. The smallest absolute Gasteiger partial charge is 0.139 e. The molecule has 0 spiro atoms. The van der Waals surface area contributed by atoms with Crippen LogP contribution in [0.3, 0.4) is 0 Å². The molecule has 0 unspecified atom stereocenters. The van der Waals surface area contributed by atoms with E-state index in [0.29, 0.717) is 0 Å². The van der Waals surface area contributed by atoms with E-state index in [9.17, 15) is 0 Å². The van der Waals surface area contributed by atoms with Crippen LogP contribution in [0.25, 0.3) is 49.7 Å². The van der Waals surface area contributed by atoms with Crippen molar-refractivity contribution in [2.75, 3.05) is 0 Å². The molecule has 6 rings (SSSR count). The molecule has 0 N–H and O–H groups in total. The van der Waals surface area contributed by atoms with Gasteiger partial charge in [-0.3, -0.25) is 0 Å². The molecule has 0 aliphatic rings. The Morgan fingerprint density at radius 1 is 0.438 bits per heavy atom. The molecule has 0 saturated carbocycles. The quantitative estimate of drug-likeness (QED) is 0.300. The fraction of sp³-hybridized carbons (Fsp3) is 0. The molecule has 150 valence electrons. The molecule has 1 aromatic heterocycles. The normalized spacial score (nSPS) is 11.2. The minimum atomic E-state index is 1.19. The van der Waals surface area contributed by atoms with Crippen LogP contribution in [0.2, 0.25) is 0 Å². The molecule has 1 heterocycles. The molecule has 0 bridgehead atoms. The van der Waals surface area contributed by atoms with E-state index < -0.39 is 0 Å². The summed E-state index contributed by atoms with van der Waals surface area (Å²) in [6.45, 7) is 0. The van der Waals surface area contributed by atoms with Gasteiger partial charge in [0.25, 0.3) is 0 Å². The fourth-order valence-electron chi connectivity index (χ4n) is 4.62. The summed E-state index contributed by atoms with van der Waals surface area (Å²) in [4.78, 5) is 0. The van der Waals surface area contributed by atoms with Crippen molar-refractivity contribution in [1.29, 1.82) is 0 Å². The SMILES string of the molecule is Bc1ccc(-n2c3ccc(-c4ccccc4)cc3c3cc(-c4ccccc4)ccc32)cc1. The second-order valence-corrected chi connectivity index (χ2v) is 8.37. The maximum Gasteiger partial charge on any atom is 0.139 e. The third kappa shape index (κ3) is 3.12. The van der Waals surface area contributed by atoms with E-state index in [1.165, 1.54) is 55.2 Å². The highest BCUT2D eigenvalue weighted by molar-refractivity contribution is 6.32. The third-order valence-electron chi connectivity index (χ3n) is 6.27. The van der Waals surface area contributed by atoms with Crippen LogP contribution < -0.4 is 5.46 Å². The van der Waals surface area contributed by atoms with Crippen molar-refractivity contribution in [2.45, 2.75) is 0 Å². The Balaban J connectivity index is 1.66. The largest absolute Gasteiger partial charge is 0.309 e. The van der Waals surface area contributed by atoms with Gasteiger partial charge in [0.2, 0.25) is 0 Å². The third-order valence-corrected chi connectivity index (χ3v) is 6.27. The predicted molar refractivity (Wildman–Crippen MR) is 140 cm³/mol. The van der Waals surface area contributed by atoms with Crippen molar-refractivity contribution in [3.05, 3.63) is 121 Å². The first kappa shape index (κ1) is 18.7. The Morgan fingerprint density at radius 3 is 1.38 bits per heavy atom. The van der Waals surface area contributed by atoms with Crippen LogP contribution in [-0.4, -0.2) is 12.4 Å². The topological polar surface area (TPSA) is 4.93 Å². The van der Waals surface area contributed by atoms with Gasteiger partial charge in [-0.25, -0.2) is 0 Å². The number of hydrogen-bond donors (Lipinski definition) is 0. The molecule has 32 heavy (non-hydrogen) atoms. The van der Waals surface area contributed by atoms with Crippen LogP contribution in [0.15, 0.2) is 121 Å². The minimum absolute atomic E-state index is 1.19. The molecule has 0 atom stereocenters. The Kier molecular flexibility index (Phi) is 4.43. The van der Waals surface area contributed by atoms with E-state index in [1.807, 2.05) is 0 Å². The molecule has 5 aromatic carbocycles. The number of rotatable bonds is 3. The highest BCUT2D eigenvalue weighted by Gasteiger charge is 2.14. The summed E-state index contributed by atoms with van der Waals surface area (Å²) in [6.07, 6.45) is 0. The first-order chi connectivity index (χ1) is 15.8. The lowest BCUT2D eigenvalue weighted by atomic mass is 9.96. The van der Waals surface area contributed by atoms with Crippen molar-refractivity contribution >= 4 is 35.1 Å². The van der Waals surface area contributed by atoms with Gasteiger partial charge in [0.1, 0.15) is 7.85 Å². The fourth-order valence-corrected chi connectivity index (χ4v) is 4.62. The van der Waals surface area contributed by atoms with E-state index in [1.54, 1.807) is 0 Å². The monoisotopic (exact) mass is 407 g/mol. The van der Waals surface area contributed by atoms with Gasteiger partial charge < -0.3 is 4.57 Å². The molecule has 0 amide bonds.